The van der Waals surface area contributed by atoms with Crippen LogP contribution in [0.3, 0.4) is 0 Å². The maximum Gasteiger partial charge on any atom is 0.293 e. The number of ketones is 1. The van der Waals surface area contributed by atoms with Crippen molar-refractivity contribution in [1.82, 2.24) is 0 Å². The fourth-order valence-corrected chi connectivity index (χ4v) is 2.54. The molecule has 0 atom stereocenters. The van der Waals surface area contributed by atoms with Gasteiger partial charge in [-0.05, 0) is 36.9 Å². The van der Waals surface area contributed by atoms with E-state index < -0.39 is 4.92 Å². The molecule has 5 nitrogen and oxygen atoms in total. The molecule has 104 valence electrons. The molecule has 6 heteroatoms. The van der Waals surface area contributed by atoms with Gasteiger partial charge >= 0.3 is 0 Å². The quantitative estimate of drug-likeness (QED) is 0.502. The average molecular weight is 290 g/mol. The molecule has 0 aliphatic carbocycles. The first kappa shape index (κ1) is 14.2. The number of benzene rings is 1. The molecule has 1 heterocycles. The van der Waals surface area contributed by atoms with Crippen LogP contribution >= 0.6 is 11.3 Å². The summed E-state index contributed by atoms with van der Waals surface area (Å²) in [6.07, 6.45) is 0.809. The Morgan fingerprint density at radius 2 is 2.20 bits per heavy atom. The highest BCUT2D eigenvalue weighted by Crippen LogP contribution is 2.26. The van der Waals surface area contributed by atoms with Crippen LogP contribution in [0.25, 0.3) is 0 Å². The lowest BCUT2D eigenvalue weighted by Gasteiger charge is -2.07. The molecule has 2 rings (SSSR count). The van der Waals surface area contributed by atoms with Crippen LogP contribution < -0.4 is 5.32 Å². The minimum Gasteiger partial charge on any atom is -0.379 e. The van der Waals surface area contributed by atoms with E-state index in [1.165, 1.54) is 17.9 Å². The fourth-order valence-electron chi connectivity index (χ4n) is 1.83. The molecule has 0 amide bonds. The van der Waals surface area contributed by atoms with Crippen molar-refractivity contribution >= 4 is 28.5 Å². The summed E-state index contributed by atoms with van der Waals surface area (Å²) < 4.78 is 0. The largest absolute Gasteiger partial charge is 0.379 e. The van der Waals surface area contributed by atoms with Gasteiger partial charge in [0.05, 0.1) is 4.92 Å². The van der Waals surface area contributed by atoms with Crippen LogP contribution in [0.4, 0.5) is 11.4 Å². The lowest BCUT2D eigenvalue weighted by atomic mass is 10.1. The third-order valence-electron chi connectivity index (χ3n) is 2.87. The molecule has 0 fully saturated rings. The van der Waals surface area contributed by atoms with E-state index in [4.69, 9.17) is 0 Å². The third-order valence-corrected chi connectivity index (χ3v) is 3.80. The topological polar surface area (TPSA) is 72.2 Å². The number of Topliss-reactive ketones (excluding diaryl/α,β-unsaturated/α-hetero) is 1. The minimum absolute atomic E-state index is 0.0659. The Bertz CT molecular complexity index is 623. The molecule has 20 heavy (non-hydrogen) atoms. The summed E-state index contributed by atoms with van der Waals surface area (Å²) in [5, 5.41) is 16.1. The number of rotatable bonds is 6. The number of nitro groups is 1. The molecule has 1 aromatic heterocycles. The van der Waals surface area contributed by atoms with Crippen molar-refractivity contribution in [3.8, 4) is 0 Å². The number of carbonyl (C=O) groups is 1. The summed E-state index contributed by atoms with van der Waals surface area (Å²) in [5.41, 5.74) is 0.723. The van der Waals surface area contributed by atoms with E-state index in [1.54, 1.807) is 23.5 Å². The summed E-state index contributed by atoms with van der Waals surface area (Å²) in [7, 11) is 0. The van der Waals surface area contributed by atoms with Gasteiger partial charge in [0.2, 0.25) is 0 Å². The number of carbonyl (C=O) groups excluding carboxylic acids is 1. The number of hydrogen-bond acceptors (Lipinski definition) is 5. The molecule has 2 aromatic rings. The van der Waals surface area contributed by atoms with Gasteiger partial charge in [-0.25, -0.2) is 0 Å². The van der Waals surface area contributed by atoms with Crippen molar-refractivity contribution in [1.29, 1.82) is 0 Å². The van der Waals surface area contributed by atoms with Crippen LogP contribution in [0.15, 0.2) is 35.7 Å². The fraction of sp³-hybridized carbons (Fsp3) is 0.214. The van der Waals surface area contributed by atoms with Gasteiger partial charge in [0.25, 0.3) is 5.69 Å². The smallest absolute Gasteiger partial charge is 0.293 e. The standard InChI is InChI=1S/C14H14N2O3S/c1-10(17)11-4-5-13(14(9-11)16(18)19)15-7-6-12-3-2-8-20-12/h2-5,8-9,15H,6-7H2,1H3. The summed E-state index contributed by atoms with van der Waals surface area (Å²) in [6, 6.07) is 8.51. The predicted molar refractivity (Wildman–Crippen MR) is 79.6 cm³/mol. The Morgan fingerprint density at radius 1 is 1.40 bits per heavy atom. The van der Waals surface area contributed by atoms with Crippen molar-refractivity contribution in [3.63, 3.8) is 0 Å². The molecule has 0 saturated carbocycles. The van der Waals surface area contributed by atoms with Crippen LogP contribution in [0.1, 0.15) is 22.2 Å². The van der Waals surface area contributed by atoms with Gasteiger partial charge in [0, 0.05) is 23.1 Å². The Morgan fingerprint density at radius 3 is 2.80 bits per heavy atom. The number of nitrogens with one attached hydrogen (secondary N) is 1. The minimum atomic E-state index is -0.472. The maximum atomic E-state index is 11.3. The van der Waals surface area contributed by atoms with Gasteiger partial charge in [0.1, 0.15) is 5.69 Å². The first-order chi connectivity index (χ1) is 9.58. The van der Waals surface area contributed by atoms with Gasteiger partial charge in [-0.3, -0.25) is 14.9 Å². The second-order valence-electron chi connectivity index (χ2n) is 4.30. The molecule has 0 aliphatic heterocycles. The SMILES string of the molecule is CC(=O)c1ccc(NCCc2cccs2)c([N+](=O)[O-])c1. The van der Waals surface area contributed by atoms with Crippen molar-refractivity contribution < 1.29 is 9.72 Å². The van der Waals surface area contributed by atoms with E-state index in [-0.39, 0.29) is 11.5 Å². The van der Waals surface area contributed by atoms with Gasteiger partial charge in [0.15, 0.2) is 5.78 Å². The van der Waals surface area contributed by atoms with Crippen LogP contribution in [-0.4, -0.2) is 17.3 Å². The van der Waals surface area contributed by atoms with E-state index in [2.05, 4.69) is 5.32 Å². The number of thiophene rings is 1. The monoisotopic (exact) mass is 290 g/mol. The van der Waals surface area contributed by atoms with Gasteiger partial charge < -0.3 is 5.32 Å². The van der Waals surface area contributed by atoms with Crippen LogP contribution in [-0.2, 0) is 6.42 Å². The number of nitro benzene ring substituents is 1. The summed E-state index contributed by atoms with van der Waals surface area (Å²) in [4.78, 5) is 23.1. The van der Waals surface area contributed by atoms with E-state index >= 15 is 0 Å². The number of nitrogens with zero attached hydrogens (tertiary/aromatic N) is 1. The zero-order chi connectivity index (χ0) is 14.5. The van der Waals surface area contributed by atoms with Crippen LogP contribution in [0.2, 0.25) is 0 Å². The maximum absolute atomic E-state index is 11.3. The van der Waals surface area contributed by atoms with Gasteiger partial charge in [-0.15, -0.1) is 11.3 Å². The summed E-state index contributed by atoms with van der Waals surface area (Å²) in [6.45, 7) is 2.00. The molecule has 0 radical (unpaired) electrons. The first-order valence-electron chi connectivity index (χ1n) is 6.13. The van der Waals surface area contributed by atoms with Crippen LogP contribution in [0, 0.1) is 10.1 Å². The summed E-state index contributed by atoms with van der Waals surface area (Å²) in [5.74, 6) is -0.182. The zero-order valence-electron chi connectivity index (χ0n) is 11.0. The van der Waals surface area contributed by atoms with Crippen molar-refractivity contribution in [3.05, 3.63) is 56.3 Å². The molecule has 0 spiro atoms. The second kappa shape index (κ2) is 6.29. The van der Waals surface area contributed by atoms with Crippen molar-refractivity contribution in [2.24, 2.45) is 0 Å². The molecule has 1 N–H and O–H groups in total. The van der Waals surface area contributed by atoms with Crippen LogP contribution in [0.5, 0.6) is 0 Å². The second-order valence-corrected chi connectivity index (χ2v) is 5.33. The highest BCUT2D eigenvalue weighted by atomic mass is 32.1. The van der Waals surface area contributed by atoms with E-state index in [1.807, 2.05) is 17.5 Å². The predicted octanol–water partition coefficient (Wildman–Crippen LogP) is 3.51. The molecule has 0 bridgehead atoms. The van der Waals surface area contributed by atoms with Crippen molar-refractivity contribution in [2.75, 3.05) is 11.9 Å². The third kappa shape index (κ3) is 3.42. The van der Waals surface area contributed by atoms with E-state index in [0.29, 0.717) is 17.8 Å². The Kier molecular flexibility index (Phi) is 4.47. The van der Waals surface area contributed by atoms with Crippen molar-refractivity contribution in [2.45, 2.75) is 13.3 Å². The first-order valence-corrected chi connectivity index (χ1v) is 7.01. The molecule has 1 aromatic carbocycles. The summed E-state index contributed by atoms with van der Waals surface area (Å²) >= 11 is 1.66. The zero-order valence-corrected chi connectivity index (χ0v) is 11.8. The number of hydrogen-bond donors (Lipinski definition) is 1. The van der Waals surface area contributed by atoms with Gasteiger partial charge in [-0.2, -0.15) is 0 Å². The molecule has 0 aliphatic rings. The molecular weight excluding hydrogens is 276 g/mol. The molecule has 0 unspecified atom stereocenters. The molecule has 0 saturated heterocycles. The Labute approximate surface area is 120 Å². The van der Waals surface area contributed by atoms with E-state index in [9.17, 15) is 14.9 Å². The Hall–Kier alpha value is -2.21. The lowest BCUT2D eigenvalue weighted by molar-refractivity contribution is -0.384. The number of anilines is 1. The highest BCUT2D eigenvalue weighted by Gasteiger charge is 2.15. The molecular formula is C14H14N2O3S. The Balaban J connectivity index is 2.10. The van der Waals surface area contributed by atoms with Gasteiger partial charge in [-0.1, -0.05) is 6.07 Å². The normalized spacial score (nSPS) is 10.2. The van der Waals surface area contributed by atoms with E-state index in [0.717, 1.165) is 6.42 Å². The average Bonchev–Trinajstić information content (AvgIpc) is 2.91. The highest BCUT2D eigenvalue weighted by molar-refractivity contribution is 7.09. The lowest BCUT2D eigenvalue weighted by Crippen LogP contribution is -2.07.